The van der Waals surface area contributed by atoms with Crippen molar-refractivity contribution in [2.75, 3.05) is 26.4 Å². The number of unbranched alkanes of at least 4 members (excludes halogenated alkanes) is 1. The SMILES string of the molecule is CC(O)COC(C)CO.O=C(O)CCCCC(=O)O.OCCO. The lowest BCUT2D eigenvalue weighted by Gasteiger charge is -2.10. The van der Waals surface area contributed by atoms with Gasteiger partial charge in [-0.25, -0.2) is 0 Å². The normalized spacial score (nSPS) is 12.1. The number of hydrogen-bond acceptors (Lipinski definition) is 7. The zero-order valence-electron chi connectivity index (χ0n) is 13.7. The lowest BCUT2D eigenvalue weighted by molar-refractivity contribution is -0.139. The van der Waals surface area contributed by atoms with E-state index >= 15 is 0 Å². The Morgan fingerprint density at radius 2 is 1.30 bits per heavy atom. The summed E-state index contributed by atoms with van der Waals surface area (Å²) in [5.74, 6) is -1.74. The molecule has 0 spiro atoms. The molecule has 0 aliphatic heterocycles. The van der Waals surface area contributed by atoms with Gasteiger partial charge < -0.3 is 35.4 Å². The summed E-state index contributed by atoms with van der Waals surface area (Å²) >= 11 is 0. The van der Waals surface area contributed by atoms with Gasteiger partial charge in [0.1, 0.15) is 0 Å². The maximum atomic E-state index is 9.90. The number of aliphatic hydroxyl groups excluding tert-OH is 4. The Morgan fingerprint density at radius 3 is 1.52 bits per heavy atom. The van der Waals surface area contributed by atoms with Gasteiger partial charge in [-0.3, -0.25) is 9.59 Å². The lowest BCUT2D eigenvalue weighted by Crippen LogP contribution is -2.19. The molecule has 0 aromatic carbocycles. The molecule has 0 heterocycles. The zero-order chi connectivity index (χ0) is 18.7. The molecule has 0 aliphatic carbocycles. The Balaban J connectivity index is -0.000000284. The van der Waals surface area contributed by atoms with E-state index in [2.05, 4.69) is 0 Å². The lowest BCUT2D eigenvalue weighted by atomic mass is 10.2. The summed E-state index contributed by atoms with van der Waals surface area (Å²) in [6.45, 7) is 3.45. The van der Waals surface area contributed by atoms with Crippen molar-refractivity contribution < 1.29 is 45.0 Å². The van der Waals surface area contributed by atoms with Gasteiger partial charge in [0.2, 0.25) is 0 Å². The third-order valence-corrected chi connectivity index (χ3v) is 2.01. The van der Waals surface area contributed by atoms with E-state index in [0.29, 0.717) is 19.4 Å². The average molecular weight is 342 g/mol. The van der Waals surface area contributed by atoms with Crippen LogP contribution in [0.3, 0.4) is 0 Å². The van der Waals surface area contributed by atoms with Gasteiger partial charge in [0.15, 0.2) is 0 Å². The van der Waals surface area contributed by atoms with Crippen molar-refractivity contribution in [1.29, 1.82) is 0 Å². The van der Waals surface area contributed by atoms with Gasteiger partial charge in [-0.1, -0.05) is 0 Å². The van der Waals surface area contributed by atoms with Crippen LogP contribution in [0.25, 0.3) is 0 Å². The van der Waals surface area contributed by atoms with Crippen LogP contribution in [0.2, 0.25) is 0 Å². The van der Waals surface area contributed by atoms with Crippen molar-refractivity contribution in [3.05, 3.63) is 0 Å². The Morgan fingerprint density at radius 1 is 0.913 bits per heavy atom. The number of ether oxygens (including phenoxy) is 1. The number of aliphatic hydroxyl groups is 4. The molecule has 0 saturated heterocycles. The summed E-state index contributed by atoms with van der Waals surface area (Å²) in [6, 6.07) is 0. The molecule has 6 N–H and O–H groups in total. The van der Waals surface area contributed by atoms with Gasteiger partial charge in [-0.2, -0.15) is 0 Å². The second kappa shape index (κ2) is 20.7. The summed E-state index contributed by atoms with van der Waals surface area (Å²) in [7, 11) is 0. The van der Waals surface area contributed by atoms with Crippen LogP contribution >= 0.6 is 0 Å². The van der Waals surface area contributed by atoms with Gasteiger partial charge in [-0.15, -0.1) is 0 Å². The molecule has 0 bridgehead atoms. The van der Waals surface area contributed by atoms with Gasteiger partial charge in [0.05, 0.1) is 38.6 Å². The van der Waals surface area contributed by atoms with Crippen LogP contribution in [0.4, 0.5) is 0 Å². The summed E-state index contributed by atoms with van der Waals surface area (Å²) < 4.78 is 4.95. The van der Waals surface area contributed by atoms with E-state index in [9.17, 15) is 9.59 Å². The fourth-order valence-electron chi connectivity index (χ4n) is 0.909. The largest absolute Gasteiger partial charge is 0.481 e. The molecule has 0 aromatic rings. The summed E-state index contributed by atoms with van der Waals surface area (Å²) in [5, 5.41) is 48.6. The Kier molecular flexibility index (Phi) is 24.0. The molecule has 23 heavy (non-hydrogen) atoms. The first-order valence-electron chi connectivity index (χ1n) is 7.27. The Bertz CT molecular complexity index is 251. The van der Waals surface area contributed by atoms with E-state index in [1.165, 1.54) is 0 Å². The van der Waals surface area contributed by atoms with E-state index in [0.717, 1.165) is 0 Å². The van der Waals surface area contributed by atoms with Gasteiger partial charge >= 0.3 is 11.9 Å². The Hall–Kier alpha value is -1.26. The van der Waals surface area contributed by atoms with Crippen molar-refractivity contribution in [1.82, 2.24) is 0 Å². The van der Waals surface area contributed by atoms with Crippen LogP contribution < -0.4 is 0 Å². The highest BCUT2D eigenvalue weighted by molar-refractivity contribution is 5.67. The van der Waals surface area contributed by atoms with Crippen molar-refractivity contribution in [3.63, 3.8) is 0 Å². The summed E-state index contributed by atoms with van der Waals surface area (Å²) in [4.78, 5) is 19.8. The first kappa shape index (κ1) is 26.6. The number of carbonyl (C=O) groups is 2. The summed E-state index contributed by atoms with van der Waals surface area (Å²) in [5.41, 5.74) is 0. The highest BCUT2D eigenvalue weighted by Crippen LogP contribution is 1.98. The molecule has 0 saturated carbocycles. The average Bonchev–Trinajstić information content (AvgIpc) is 2.49. The number of aliphatic carboxylic acids is 2. The molecule has 9 heteroatoms. The van der Waals surface area contributed by atoms with E-state index in [1.807, 2.05) is 0 Å². The van der Waals surface area contributed by atoms with Crippen molar-refractivity contribution in [3.8, 4) is 0 Å². The second-order valence-electron chi connectivity index (χ2n) is 4.62. The minimum Gasteiger partial charge on any atom is -0.481 e. The molecular formula is C14H30O9. The minimum absolute atomic E-state index is 0.00667. The monoisotopic (exact) mass is 342 g/mol. The van der Waals surface area contributed by atoms with Gasteiger partial charge in [-0.05, 0) is 26.7 Å². The molecular weight excluding hydrogens is 312 g/mol. The predicted molar refractivity (Wildman–Crippen MR) is 82.1 cm³/mol. The zero-order valence-corrected chi connectivity index (χ0v) is 13.7. The first-order valence-corrected chi connectivity index (χ1v) is 7.27. The van der Waals surface area contributed by atoms with Crippen LogP contribution in [0.1, 0.15) is 39.5 Å². The van der Waals surface area contributed by atoms with E-state index < -0.39 is 18.0 Å². The summed E-state index contributed by atoms with van der Waals surface area (Å²) in [6.07, 6.45) is 0.405. The molecule has 9 nitrogen and oxygen atoms in total. The molecule has 140 valence electrons. The third kappa shape index (κ3) is 38.6. The third-order valence-electron chi connectivity index (χ3n) is 2.01. The van der Waals surface area contributed by atoms with Crippen molar-refractivity contribution in [2.45, 2.75) is 51.7 Å². The highest BCUT2D eigenvalue weighted by atomic mass is 16.5. The smallest absolute Gasteiger partial charge is 0.303 e. The highest BCUT2D eigenvalue weighted by Gasteiger charge is 2.01. The standard InChI is InChI=1S/C6H10O4.C6H14O3.C2H6O2/c7-5(8)3-1-2-4-6(9)10;1-5(8)4-9-6(2)3-7;3-1-2-4/h1-4H2,(H,7,8)(H,9,10);5-8H,3-4H2,1-2H3;3-4H,1-2H2. The Labute approximate surface area is 136 Å². The topological polar surface area (TPSA) is 165 Å². The first-order chi connectivity index (χ1) is 10.7. The van der Waals surface area contributed by atoms with Crippen LogP contribution in [0.5, 0.6) is 0 Å². The molecule has 0 aromatic heterocycles. The number of hydrogen-bond donors (Lipinski definition) is 6. The fraction of sp³-hybridized carbons (Fsp3) is 0.857. The van der Waals surface area contributed by atoms with E-state index in [-0.39, 0.29) is 38.8 Å². The van der Waals surface area contributed by atoms with Crippen LogP contribution in [0.15, 0.2) is 0 Å². The molecule has 0 aliphatic rings. The number of carboxylic acid groups (broad SMARTS) is 2. The fourth-order valence-corrected chi connectivity index (χ4v) is 0.909. The van der Waals surface area contributed by atoms with Crippen LogP contribution in [-0.4, -0.2) is 81.2 Å². The molecule has 2 atom stereocenters. The minimum atomic E-state index is -0.870. The van der Waals surface area contributed by atoms with Gasteiger partial charge in [0.25, 0.3) is 0 Å². The second-order valence-corrected chi connectivity index (χ2v) is 4.62. The number of rotatable bonds is 10. The molecule has 2 unspecified atom stereocenters. The molecule has 0 rings (SSSR count). The maximum absolute atomic E-state index is 9.90. The van der Waals surface area contributed by atoms with Gasteiger partial charge in [0, 0.05) is 12.8 Å². The quantitative estimate of drug-likeness (QED) is 0.286. The number of carboxylic acids is 2. The van der Waals surface area contributed by atoms with Crippen LogP contribution in [-0.2, 0) is 14.3 Å². The van der Waals surface area contributed by atoms with E-state index in [4.69, 9.17) is 35.4 Å². The van der Waals surface area contributed by atoms with Crippen molar-refractivity contribution in [2.24, 2.45) is 0 Å². The predicted octanol–water partition coefficient (Wildman–Crippen LogP) is -0.548. The van der Waals surface area contributed by atoms with Crippen LogP contribution in [0, 0.1) is 0 Å². The van der Waals surface area contributed by atoms with Crippen molar-refractivity contribution >= 4 is 11.9 Å². The molecule has 0 fully saturated rings. The maximum Gasteiger partial charge on any atom is 0.303 e. The molecule has 0 amide bonds. The molecule has 0 radical (unpaired) electrons. The van der Waals surface area contributed by atoms with E-state index in [1.54, 1.807) is 13.8 Å².